The zero-order valence-corrected chi connectivity index (χ0v) is 11.7. The van der Waals surface area contributed by atoms with Crippen molar-refractivity contribution >= 4 is 27.5 Å². The van der Waals surface area contributed by atoms with Crippen LogP contribution in [0.5, 0.6) is 5.75 Å². The molecule has 0 saturated heterocycles. The number of hydrogen-bond acceptors (Lipinski definition) is 2. The van der Waals surface area contributed by atoms with Crippen LogP contribution in [0.2, 0.25) is 0 Å². The fraction of sp³-hybridized carbons (Fsp3) is 0.0714. The number of rotatable bonds is 2. The van der Waals surface area contributed by atoms with Gasteiger partial charge in [-0.1, -0.05) is 6.07 Å². The average Bonchev–Trinajstić information content (AvgIpc) is 2.32. The summed E-state index contributed by atoms with van der Waals surface area (Å²) in [5.74, 6) is -1.02. The van der Waals surface area contributed by atoms with Crippen molar-refractivity contribution in [2.45, 2.75) is 6.92 Å². The number of halogens is 2. The summed E-state index contributed by atoms with van der Waals surface area (Å²) in [7, 11) is 0. The number of amides is 1. The molecular formula is C14H11BrFNO2. The molecule has 0 unspecified atom stereocenters. The molecule has 1 amide bonds. The summed E-state index contributed by atoms with van der Waals surface area (Å²) >= 11 is 3.15. The van der Waals surface area contributed by atoms with E-state index >= 15 is 0 Å². The first kappa shape index (κ1) is 13.5. The van der Waals surface area contributed by atoms with Gasteiger partial charge in [-0.05, 0) is 58.7 Å². The van der Waals surface area contributed by atoms with Gasteiger partial charge in [0, 0.05) is 10.2 Å². The summed E-state index contributed by atoms with van der Waals surface area (Å²) in [4.78, 5) is 12.0. The molecule has 0 aliphatic carbocycles. The van der Waals surface area contributed by atoms with E-state index in [0.717, 1.165) is 0 Å². The summed E-state index contributed by atoms with van der Waals surface area (Å²) in [6.45, 7) is 1.74. The molecule has 0 saturated carbocycles. The van der Waals surface area contributed by atoms with Gasteiger partial charge in [-0.15, -0.1) is 0 Å². The first-order valence-corrected chi connectivity index (χ1v) is 6.33. The van der Waals surface area contributed by atoms with Gasteiger partial charge >= 0.3 is 0 Å². The molecule has 0 fully saturated rings. The lowest BCUT2D eigenvalue weighted by atomic mass is 10.1. The quantitative estimate of drug-likeness (QED) is 0.824. The number of phenols is 1. The standard InChI is InChI=1S/C14H11BrFNO2/c1-8-7-9(18)5-6-12(8)17-14(19)13-10(15)3-2-4-11(13)16/h2-7,18H,1H3,(H,17,19). The summed E-state index contributed by atoms with van der Waals surface area (Å²) < 4.78 is 14.0. The smallest absolute Gasteiger partial charge is 0.259 e. The van der Waals surface area contributed by atoms with E-state index in [9.17, 15) is 14.3 Å². The molecule has 0 spiro atoms. The molecular weight excluding hydrogens is 313 g/mol. The SMILES string of the molecule is Cc1cc(O)ccc1NC(=O)c1c(F)cccc1Br. The van der Waals surface area contributed by atoms with Gasteiger partial charge in [0.25, 0.3) is 5.91 Å². The van der Waals surface area contributed by atoms with E-state index in [4.69, 9.17) is 0 Å². The Morgan fingerprint density at radius 2 is 2.05 bits per heavy atom. The van der Waals surface area contributed by atoms with Crippen LogP contribution in [0.4, 0.5) is 10.1 Å². The molecule has 0 aliphatic heterocycles. The average molecular weight is 324 g/mol. The van der Waals surface area contributed by atoms with Crippen LogP contribution in [0.15, 0.2) is 40.9 Å². The van der Waals surface area contributed by atoms with E-state index in [0.29, 0.717) is 15.7 Å². The maximum Gasteiger partial charge on any atom is 0.259 e. The van der Waals surface area contributed by atoms with Gasteiger partial charge in [0.1, 0.15) is 11.6 Å². The van der Waals surface area contributed by atoms with Crippen molar-refractivity contribution < 1.29 is 14.3 Å². The summed E-state index contributed by atoms with van der Waals surface area (Å²) in [6, 6.07) is 8.88. The molecule has 0 bridgehead atoms. The number of aryl methyl sites for hydroxylation is 1. The third-order valence-electron chi connectivity index (χ3n) is 2.65. The van der Waals surface area contributed by atoms with Crippen LogP contribution in [0.3, 0.4) is 0 Å². The van der Waals surface area contributed by atoms with Gasteiger partial charge in [-0.25, -0.2) is 4.39 Å². The fourth-order valence-corrected chi connectivity index (χ4v) is 2.21. The van der Waals surface area contributed by atoms with Crippen LogP contribution < -0.4 is 5.32 Å². The fourth-order valence-electron chi connectivity index (χ4n) is 1.69. The van der Waals surface area contributed by atoms with Gasteiger partial charge in [0.05, 0.1) is 5.56 Å². The van der Waals surface area contributed by atoms with Crippen molar-refractivity contribution in [2.24, 2.45) is 0 Å². The molecule has 0 aromatic heterocycles. The first-order chi connectivity index (χ1) is 8.99. The van der Waals surface area contributed by atoms with Gasteiger partial charge in [-0.2, -0.15) is 0 Å². The van der Waals surface area contributed by atoms with Crippen LogP contribution in [0.1, 0.15) is 15.9 Å². The Bertz CT molecular complexity index is 623. The zero-order chi connectivity index (χ0) is 14.0. The molecule has 0 heterocycles. The van der Waals surface area contributed by atoms with Gasteiger partial charge in [0.15, 0.2) is 0 Å². The molecule has 0 atom stereocenters. The van der Waals surface area contributed by atoms with E-state index < -0.39 is 11.7 Å². The van der Waals surface area contributed by atoms with Gasteiger partial charge < -0.3 is 10.4 Å². The lowest BCUT2D eigenvalue weighted by Gasteiger charge is -2.10. The van der Waals surface area contributed by atoms with Crippen molar-refractivity contribution in [3.8, 4) is 5.75 Å². The highest BCUT2D eigenvalue weighted by molar-refractivity contribution is 9.10. The Hall–Kier alpha value is -1.88. The summed E-state index contributed by atoms with van der Waals surface area (Å²) in [5.41, 5.74) is 1.17. The number of benzene rings is 2. The summed E-state index contributed by atoms with van der Waals surface area (Å²) in [6.07, 6.45) is 0. The zero-order valence-electron chi connectivity index (χ0n) is 10.1. The Labute approximate surface area is 118 Å². The van der Waals surface area contributed by atoms with E-state index in [1.54, 1.807) is 19.1 Å². The topological polar surface area (TPSA) is 49.3 Å². The molecule has 5 heteroatoms. The highest BCUT2D eigenvalue weighted by Gasteiger charge is 2.16. The lowest BCUT2D eigenvalue weighted by Crippen LogP contribution is -2.15. The third-order valence-corrected chi connectivity index (χ3v) is 3.31. The molecule has 0 radical (unpaired) electrons. The van der Waals surface area contributed by atoms with E-state index in [2.05, 4.69) is 21.2 Å². The van der Waals surface area contributed by atoms with Crippen LogP contribution in [0, 0.1) is 12.7 Å². The van der Waals surface area contributed by atoms with Crippen LogP contribution in [-0.4, -0.2) is 11.0 Å². The number of hydrogen-bond donors (Lipinski definition) is 2. The first-order valence-electron chi connectivity index (χ1n) is 5.54. The third kappa shape index (κ3) is 2.93. The monoisotopic (exact) mass is 323 g/mol. The second kappa shape index (κ2) is 5.40. The van der Waals surface area contributed by atoms with Crippen molar-refractivity contribution in [1.29, 1.82) is 0 Å². The highest BCUT2D eigenvalue weighted by Crippen LogP contribution is 2.24. The molecule has 2 rings (SSSR count). The molecule has 2 aromatic carbocycles. The van der Waals surface area contributed by atoms with E-state index in [1.165, 1.54) is 24.3 Å². The number of anilines is 1. The van der Waals surface area contributed by atoms with E-state index in [1.807, 2.05) is 0 Å². The number of carbonyl (C=O) groups excluding carboxylic acids is 1. The molecule has 98 valence electrons. The Morgan fingerprint density at radius 1 is 1.32 bits per heavy atom. The second-order valence-corrected chi connectivity index (χ2v) is 4.90. The lowest BCUT2D eigenvalue weighted by molar-refractivity contribution is 0.102. The normalized spacial score (nSPS) is 10.3. The molecule has 2 N–H and O–H groups in total. The van der Waals surface area contributed by atoms with Crippen LogP contribution >= 0.6 is 15.9 Å². The van der Waals surface area contributed by atoms with Gasteiger partial charge in [-0.3, -0.25) is 4.79 Å². The Kier molecular flexibility index (Phi) is 3.85. The predicted molar refractivity (Wildman–Crippen MR) is 74.9 cm³/mol. The number of aromatic hydroxyl groups is 1. The van der Waals surface area contributed by atoms with Crippen molar-refractivity contribution in [1.82, 2.24) is 0 Å². The van der Waals surface area contributed by atoms with E-state index in [-0.39, 0.29) is 11.3 Å². The largest absolute Gasteiger partial charge is 0.508 e. The Balaban J connectivity index is 2.31. The molecule has 2 aromatic rings. The summed E-state index contributed by atoms with van der Waals surface area (Å²) in [5, 5.41) is 11.9. The minimum Gasteiger partial charge on any atom is -0.508 e. The minimum atomic E-state index is -0.594. The van der Waals surface area contributed by atoms with Crippen molar-refractivity contribution in [2.75, 3.05) is 5.32 Å². The Morgan fingerprint density at radius 3 is 2.68 bits per heavy atom. The number of phenolic OH excluding ortho intramolecular Hbond substituents is 1. The predicted octanol–water partition coefficient (Wildman–Crippen LogP) is 3.85. The van der Waals surface area contributed by atoms with Crippen molar-refractivity contribution in [3.63, 3.8) is 0 Å². The van der Waals surface area contributed by atoms with Crippen LogP contribution in [0.25, 0.3) is 0 Å². The molecule has 3 nitrogen and oxygen atoms in total. The maximum absolute atomic E-state index is 13.6. The minimum absolute atomic E-state index is 0.0463. The number of nitrogens with one attached hydrogen (secondary N) is 1. The molecule has 19 heavy (non-hydrogen) atoms. The van der Waals surface area contributed by atoms with Crippen molar-refractivity contribution in [3.05, 3.63) is 57.8 Å². The number of carbonyl (C=O) groups is 1. The molecule has 0 aliphatic rings. The second-order valence-electron chi connectivity index (χ2n) is 4.05. The van der Waals surface area contributed by atoms with Crippen LogP contribution in [-0.2, 0) is 0 Å². The maximum atomic E-state index is 13.6. The van der Waals surface area contributed by atoms with Gasteiger partial charge in [0.2, 0.25) is 0 Å². The highest BCUT2D eigenvalue weighted by atomic mass is 79.9.